The average molecular weight is 397 g/mol. The Bertz CT molecular complexity index is 604. The number of benzene rings is 1. The summed E-state index contributed by atoms with van der Waals surface area (Å²) in [4.78, 5) is 16.3. The van der Waals surface area contributed by atoms with E-state index in [4.69, 9.17) is 11.6 Å². The van der Waals surface area contributed by atoms with Gasteiger partial charge in [-0.25, -0.2) is 4.98 Å². The maximum atomic E-state index is 11.8. The summed E-state index contributed by atoms with van der Waals surface area (Å²) in [5.74, 6) is -0.00921. The Morgan fingerprint density at radius 3 is 2.57 bits per heavy atom. The molecule has 1 aromatic carbocycles. The van der Waals surface area contributed by atoms with Crippen LogP contribution in [0.25, 0.3) is 10.6 Å². The van der Waals surface area contributed by atoms with E-state index in [1.165, 1.54) is 11.3 Å². The van der Waals surface area contributed by atoms with Crippen LogP contribution in [-0.4, -0.2) is 30.5 Å². The highest BCUT2D eigenvalue weighted by molar-refractivity contribution is 7.13. The van der Waals surface area contributed by atoms with Crippen LogP contribution in [0.4, 0.5) is 0 Å². The van der Waals surface area contributed by atoms with E-state index < -0.39 is 0 Å². The molecule has 8 heteroatoms. The monoisotopic (exact) mass is 395 g/mol. The summed E-state index contributed by atoms with van der Waals surface area (Å²) in [5.41, 5.74) is 1.81. The summed E-state index contributed by atoms with van der Waals surface area (Å²) in [5, 5.41) is 9.48. The third kappa shape index (κ3) is 7.06. The highest BCUT2D eigenvalue weighted by Crippen LogP contribution is 2.25. The lowest BCUT2D eigenvalue weighted by atomic mass is 10.2. The first-order chi connectivity index (χ1) is 10.1. The van der Waals surface area contributed by atoms with Crippen molar-refractivity contribution in [2.24, 2.45) is 0 Å². The Kier molecular flexibility index (Phi) is 10.4. The van der Waals surface area contributed by atoms with Crippen molar-refractivity contribution in [2.75, 3.05) is 13.6 Å². The fourth-order valence-electron chi connectivity index (χ4n) is 1.71. The van der Waals surface area contributed by atoms with E-state index in [0.717, 1.165) is 16.3 Å². The van der Waals surface area contributed by atoms with Crippen LogP contribution in [0.15, 0.2) is 29.6 Å². The summed E-state index contributed by atoms with van der Waals surface area (Å²) in [6, 6.07) is 7.79. The largest absolute Gasteiger partial charge is 0.354 e. The van der Waals surface area contributed by atoms with E-state index in [2.05, 4.69) is 15.6 Å². The minimum Gasteiger partial charge on any atom is -0.354 e. The lowest BCUT2D eigenvalue weighted by Crippen LogP contribution is -2.37. The molecule has 128 valence electrons. The molecular weight excluding hydrogens is 377 g/mol. The molecule has 1 aromatic heterocycles. The quantitative estimate of drug-likeness (QED) is 0.785. The molecule has 1 unspecified atom stereocenters. The van der Waals surface area contributed by atoms with Gasteiger partial charge in [0.15, 0.2) is 0 Å². The molecule has 4 nitrogen and oxygen atoms in total. The molecule has 2 N–H and O–H groups in total. The van der Waals surface area contributed by atoms with E-state index in [1.807, 2.05) is 43.6 Å². The number of aromatic nitrogens is 1. The van der Waals surface area contributed by atoms with Gasteiger partial charge < -0.3 is 10.6 Å². The summed E-state index contributed by atoms with van der Waals surface area (Å²) in [6.45, 7) is 2.63. The van der Waals surface area contributed by atoms with Gasteiger partial charge in [-0.15, -0.1) is 36.2 Å². The van der Waals surface area contributed by atoms with Crippen LogP contribution < -0.4 is 10.6 Å². The van der Waals surface area contributed by atoms with Crippen molar-refractivity contribution < 1.29 is 4.79 Å². The van der Waals surface area contributed by atoms with Crippen LogP contribution >= 0.6 is 47.8 Å². The Labute approximate surface area is 157 Å². The highest BCUT2D eigenvalue weighted by atomic mass is 35.5. The topological polar surface area (TPSA) is 54.0 Å². The molecular formula is C15H20Cl3N3OS. The second kappa shape index (κ2) is 10.8. The fourth-order valence-corrected chi connectivity index (χ4v) is 2.66. The van der Waals surface area contributed by atoms with Crippen molar-refractivity contribution in [3.05, 3.63) is 40.4 Å². The molecule has 0 spiro atoms. The maximum Gasteiger partial charge on any atom is 0.226 e. The number of rotatable bonds is 6. The van der Waals surface area contributed by atoms with Crippen molar-refractivity contribution in [2.45, 2.75) is 19.4 Å². The third-order valence-electron chi connectivity index (χ3n) is 3.08. The number of hydrogen-bond acceptors (Lipinski definition) is 4. The van der Waals surface area contributed by atoms with Crippen LogP contribution in [0.2, 0.25) is 5.02 Å². The molecule has 0 aliphatic heterocycles. The second-order valence-corrected chi connectivity index (χ2v) is 6.12. The van der Waals surface area contributed by atoms with Crippen LogP contribution in [0, 0.1) is 0 Å². The number of thiazole rings is 1. The van der Waals surface area contributed by atoms with E-state index in [1.54, 1.807) is 0 Å². The van der Waals surface area contributed by atoms with Gasteiger partial charge in [-0.05, 0) is 26.1 Å². The zero-order chi connectivity index (χ0) is 15.2. The Morgan fingerprint density at radius 2 is 1.96 bits per heavy atom. The number of hydrogen-bond donors (Lipinski definition) is 2. The van der Waals surface area contributed by atoms with Crippen LogP contribution in [-0.2, 0) is 11.2 Å². The number of nitrogens with zero attached hydrogens (tertiary/aromatic N) is 1. The molecule has 0 aliphatic carbocycles. The van der Waals surface area contributed by atoms with Gasteiger partial charge in [0.2, 0.25) is 5.91 Å². The molecule has 0 fully saturated rings. The smallest absolute Gasteiger partial charge is 0.226 e. The number of amides is 1. The van der Waals surface area contributed by atoms with Gasteiger partial charge in [0, 0.05) is 28.6 Å². The summed E-state index contributed by atoms with van der Waals surface area (Å²) < 4.78 is 0. The van der Waals surface area contributed by atoms with Crippen LogP contribution in [0.5, 0.6) is 0 Å². The van der Waals surface area contributed by atoms with Crippen molar-refractivity contribution in [1.82, 2.24) is 15.6 Å². The number of likely N-dealkylation sites (N-methyl/N-ethyl adjacent to an activating group) is 1. The molecule has 0 saturated carbocycles. The molecule has 1 heterocycles. The van der Waals surface area contributed by atoms with Crippen LogP contribution in [0.1, 0.15) is 12.6 Å². The van der Waals surface area contributed by atoms with Gasteiger partial charge in [0.1, 0.15) is 5.01 Å². The van der Waals surface area contributed by atoms with E-state index in [0.29, 0.717) is 18.0 Å². The third-order valence-corrected chi connectivity index (χ3v) is 4.27. The Balaban J connectivity index is 0.00000242. The van der Waals surface area contributed by atoms with Crippen molar-refractivity contribution in [3.8, 4) is 10.6 Å². The maximum absolute atomic E-state index is 11.8. The SMILES string of the molecule is CNC(C)CNC(=O)Cc1csc(-c2ccc(Cl)cc2)n1.Cl.Cl. The predicted molar refractivity (Wildman–Crippen MR) is 102 cm³/mol. The number of halogens is 3. The summed E-state index contributed by atoms with van der Waals surface area (Å²) >= 11 is 7.40. The number of carbonyl (C=O) groups excluding carboxylic acids is 1. The Hall–Kier alpha value is -0.850. The second-order valence-electron chi connectivity index (χ2n) is 4.82. The molecule has 1 amide bonds. The van der Waals surface area contributed by atoms with Gasteiger partial charge in [-0.1, -0.05) is 23.7 Å². The molecule has 23 heavy (non-hydrogen) atoms. The molecule has 0 bridgehead atoms. The molecule has 0 radical (unpaired) electrons. The lowest BCUT2D eigenvalue weighted by Gasteiger charge is -2.10. The standard InChI is InChI=1S/C15H18ClN3OS.2ClH/c1-10(17-2)8-18-14(20)7-13-9-21-15(19-13)11-3-5-12(16)6-4-11;;/h3-6,9-10,17H,7-8H2,1-2H3,(H,18,20);2*1H. The van der Waals surface area contributed by atoms with E-state index in [-0.39, 0.29) is 36.8 Å². The molecule has 0 saturated heterocycles. The van der Waals surface area contributed by atoms with E-state index in [9.17, 15) is 4.79 Å². The van der Waals surface area contributed by atoms with Crippen molar-refractivity contribution in [1.29, 1.82) is 0 Å². The first-order valence-corrected chi connectivity index (χ1v) is 7.98. The molecule has 2 rings (SSSR count). The van der Waals surface area contributed by atoms with Gasteiger partial charge in [-0.2, -0.15) is 0 Å². The predicted octanol–water partition coefficient (Wildman–Crippen LogP) is 3.57. The zero-order valence-electron chi connectivity index (χ0n) is 12.8. The zero-order valence-corrected chi connectivity index (χ0v) is 16.0. The fraction of sp³-hybridized carbons (Fsp3) is 0.333. The van der Waals surface area contributed by atoms with Crippen molar-refractivity contribution in [3.63, 3.8) is 0 Å². The minimum atomic E-state index is -0.00921. The molecule has 2 aromatic rings. The lowest BCUT2D eigenvalue weighted by molar-refractivity contribution is -0.120. The van der Waals surface area contributed by atoms with Gasteiger partial charge >= 0.3 is 0 Å². The van der Waals surface area contributed by atoms with Gasteiger partial charge in [-0.3, -0.25) is 4.79 Å². The summed E-state index contributed by atoms with van der Waals surface area (Å²) in [7, 11) is 1.87. The van der Waals surface area contributed by atoms with E-state index >= 15 is 0 Å². The minimum absolute atomic E-state index is 0. The highest BCUT2D eigenvalue weighted by Gasteiger charge is 2.09. The first kappa shape index (κ1) is 22.2. The number of nitrogens with one attached hydrogen (secondary N) is 2. The summed E-state index contributed by atoms with van der Waals surface area (Å²) in [6.07, 6.45) is 0.306. The van der Waals surface area contributed by atoms with Gasteiger partial charge in [0.25, 0.3) is 0 Å². The normalized spacial score (nSPS) is 11.1. The molecule has 1 atom stereocenters. The first-order valence-electron chi connectivity index (χ1n) is 6.73. The number of carbonyl (C=O) groups is 1. The molecule has 0 aliphatic rings. The average Bonchev–Trinajstić information content (AvgIpc) is 2.94. The van der Waals surface area contributed by atoms with Crippen molar-refractivity contribution >= 4 is 53.7 Å². The van der Waals surface area contributed by atoms with Crippen LogP contribution in [0.3, 0.4) is 0 Å². The Morgan fingerprint density at radius 1 is 1.30 bits per heavy atom. The van der Waals surface area contributed by atoms with Gasteiger partial charge in [0.05, 0.1) is 12.1 Å².